The Morgan fingerprint density at radius 2 is 1.16 bits per heavy atom. The number of hydrogen-bond acceptors (Lipinski definition) is 4. The molecule has 2 N–H and O–H groups in total. The number of aryl methyl sites for hydroxylation is 3. The maximum Gasteiger partial charge on any atom is 0.137 e. The number of aromatic hydroxyl groups is 2. The van der Waals surface area contributed by atoms with Gasteiger partial charge in [-0.3, -0.25) is 9.98 Å². The van der Waals surface area contributed by atoms with Gasteiger partial charge in [0.25, 0.3) is 0 Å². The summed E-state index contributed by atoms with van der Waals surface area (Å²) in [7, 11) is 0. The number of halogens is 1. The van der Waals surface area contributed by atoms with E-state index in [2.05, 4.69) is 60.5 Å². The highest BCUT2D eigenvalue weighted by molar-refractivity contribution is 14.1. The number of unbranched alkanes of at least 4 members (excludes halogenated alkanes) is 3. The second-order valence-corrected chi connectivity index (χ2v) is 10.7. The van der Waals surface area contributed by atoms with Gasteiger partial charge in [0.05, 0.1) is 14.9 Å². The molecule has 0 bridgehead atoms. The van der Waals surface area contributed by atoms with Crippen molar-refractivity contribution in [2.24, 2.45) is 9.98 Å². The molecule has 0 saturated heterocycles. The van der Waals surface area contributed by atoms with E-state index in [9.17, 15) is 10.2 Å². The highest BCUT2D eigenvalue weighted by Gasteiger charge is 2.10. The van der Waals surface area contributed by atoms with Gasteiger partial charge in [-0.15, -0.1) is 0 Å². The number of nitrogens with zero attached hydrogens (tertiary/aromatic N) is 2. The first-order valence-corrected chi connectivity index (χ1v) is 14.6. The van der Waals surface area contributed by atoms with Crippen LogP contribution in [-0.2, 0) is 19.3 Å². The molecule has 0 unspecified atom stereocenters. The molecule has 0 aromatic heterocycles. The zero-order valence-corrected chi connectivity index (χ0v) is 24.5. The Hall–Kier alpha value is -2.67. The van der Waals surface area contributed by atoms with Gasteiger partial charge >= 0.3 is 0 Å². The lowest BCUT2D eigenvalue weighted by atomic mass is 9.97. The molecule has 0 amide bonds. The lowest BCUT2D eigenvalue weighted by Crippen LogP contribution is -1.96. The van der Waals surface area contributed by atoms with Crippen LogP contribution in [0.15, 0.2) is 58.5 Å². The van der Waals surface area contributed by atoms with E-state index in [0.717, 1.165) is 72.5 Å². The Morgan fingerprint density at radius 1 is 0.676 bits per heavy atom. The standard InChI is InChI=1S/C32H39IN2O2/c1-4-7-12-23-17-25(14-9-6-3)31(36)26(18-23)21-34-29-15-10-11-16-30(29)35-22-27-19-24(13-8-5-2)20-28(33)32(27)37/h10-11,15-22,36-37H,4-9,12-14H2,1-3H3. The van der Waals surface area contributed by atoms with Crippen molar-refractivity contribution in [3.05, 3.63) is 79.9 Å². The van der Waals surface area contributed by atoms with Crippen LogP contribution in [0.2, 0.25) is 0 Å². The van der Waals surface area contributed by atoms with Crippen LogP contribution >= 0.6 is 22.6 Å². The van der Waals surface area contributed by atoms with E-state index in [4.69, 9.17) is 4.99 Å². The van der Waals surface area contributed by atoms with Crippen LogP contribution in [-0.4, -0.2) is 22.6 Å². The first kappa shape index (κ1) is 28.9. The van der Waals surface area contributed by atoms with Crippen LogP contribution < -0.4 is 0 Å². The molecule has 37 heavy (non-hydrogen) atoms. The lowest BCUT2D eigenvalue weighted by molar-refractivity contribution is 0.465. The molecule has 0 fully saturated rings. The molecule has 0 saturated carbocycles. The van der Waals surface area contributed by atoms with E-state index in [1.807, 2.05) is 36.4 Å². The Bertz CT molecular complexity index is 1230. The van der Waals surface area contributed by atoms with Crippen LogP contribution in [0.1, 0.15) is 87.1 Å². The molecule has 0 aliphatic rings. The van der Waals surface area contributed by atoms with Gasteiger partial charge in [-0.05, 0) is 108 Å². The fourth-order valence-corrected chi connectivity index (χ4v) is 4.94. The number of phenols is 2. The topological polar surface area (TPSA) is 65.2 Å². The van der Waals surface area contributed by atoms with Crippen LogP contribution in [0.3, 0.4) is 0 Å². The maximum atomic E-state index is 11.0. The quantitative estimate of drug-likeness (QED) is 0.150. The zero-order chi connectivity index (χ0) is 26.6. The summed E-state index contributed by atoms with van der Waals surface area (Å²) in [5.74, 6) is 0.570. The van der Waals surface area contributed by atoms with Gasteiger partial charge in [0.2, 0.25) is 0 Å². The average Bonchev–Trinajstić information content (AvgIpc) is 2.91. The molecular weight excluding hydrogens is 571 g/mol. The van der Waals surface area contributed by atoms with Crippen molar-refractivity contribution in [2.45, 2.75) is 78.6 Å². The normalized spacial score (nSPS) is 11.7. The smallest absolute Gasteiger partial charge is 0.137 e. The van der Waals surface area contributed by atoms with Crippen molar-refractivity contribution in [3.8, 4) is 11.5 Å². The van der Waals surface area contributed by atoms with E-state index in [-0.39, 0.29) is 5.75 Å². The molecule has 0 heterocycles. The minimum absolute atomic E-state index is 0.249. The number of rotatable bonds is 13. The van der Waals surface area contributed by atoms with Crippen LogP contribution in [0, 0.1) is 3.57 Å². The summed E-state index contributed by atoms with van der Waals surface area (Å²) >= 11 is 2.17. The first-order valence-electron chi connectivity index (χ1n) is 13.5. The van der Waals surface area contributed by atoms with Crippen molar-refractivity contribution >= 4 is 46.4 Å². The number of benzene rings is 3. The van der Waals surface area contributed by atoms with Gasteiger partial charge in [0, 0.05) is 23.6 Å². The minimum Gasteiger partial charge on any atom is -0.507 e. The summed E-state index contributed by atoms with van der Waals surface area (Å²) in [5, 5.41) is 21.6. The third-order valence-corrected chi connectivity index (χ3v) is 7.26. The largest absolute Gasteiger partial charge is 0.507 e. The van der Waals surface area contributed by atoms with Crippen molar-refractivity contribution in [1.29, 1.82) is 0 Å². The van der Waals surface area contributed by atoms with Gasteiger partial charge in [-0.1, -0.05) is 58.2 Å². The molecule has 0 aliphatic carbocycles. The summed E-state index contributed by atoms with van der Waals surface area (Å²) in [4.78, 5) is 9.41. The molecule has 5 heteroatoms. The Morgan fingerprint density at radius 3 is 1.70 bits per heavy atom. The van der Waals surface area contributed by atoms with Crippen LogP contribution in [0.5, 0.6) is 11.5 Å². The predicted molar refractivity (Wildman–Crippen MR) is 166 cm³/mol. The second-order valence-electron chi connectivity index (χ2n) is 9.52. The first-order chi connectivity index (χ1) is 18.0. The number of aliphatic imine (C=N–C) groups is 2. The van der Waals surface area contributed by atoms with E-state index in [1.54, 1.807) is 12.4 Å². The molecule has 196 valence electrons. The fraction of sp³-hybridized carbons (Fsp3) is 0.375. The monoisotopic (exact) mass is 610 g/mol. The van der Waals surface area contributed by atoms with Crippen molar-refractivity contribution in [3.63, 3.8) is 0 Å². The second kappa shape index (κ2) is 14.9. The third kappa shape index (κ3) is 8.42. The van der Waals surface area contributed by atoms with E-state index < -0.39 is 0 Å². The molecule has 3 aromatic carbocycles. The summed E-state index contributed by atoms with van der Waals surface area (Å²) in [6.45, 7) is 6.54. The summed E-state index contributed by atoms with van der Waals surface area (Å²) in [6, 6.07) is 15.9. The zero-order valence-electron chi connectivity index (χ0n) is 22.3. The van der Waals surface area contributed by atoms with E-state index >= 15 is 0 Å². The Labute approximate surface area is 235 Å². The molecule has 0 atom stereocenters. The van der Waals surface area contributed by atoms with Crippen LogP contribution in [0.4, 0.5) is 11.4 Å². The molecular formula is C32H39IN2O2. The molecule has 0 radical (unpaired) electrons. The molecule has 4 nitrogen and oxygen atoms in total. The molecule has 0 spiro atoms. The maximum absolute atomic E-state index is 11.0. The fourth-order valence-electron chi connectivity index (χ4n) is 4.23. The summed E-state index contributed by atoms with van der Waals surface area (Å²) < 4.78 is 0.830. The van der Waals surface area contributed by atoms with Crippen molar-refractivity contribution < 1.29 is 10.2 Å². The highest BCUT2D eigenvalue weighted by atomic mass is 127. The van der Waals surface area contributed by atoms with Gasteiger partial charge in [-0.25, -0.2) is 0 Å². The van der Waals surface area contributed by atoms with Gasteiger partial charge in [-0.2, -0.15) is 0 Å². The minimum atomic E-state index is 0.249. The van der Waals surface area contributed by atoms with E-state index in [0.29, 0.717) is 22.7 Å². The van der Waals surface area contributed by atoms with Gasteiger partial charge in [0.15, 0.2) is 0 Å². The number of para-hydroxylation sites is 2. The van der Waals surface area contributed by atoms with Crippen LogP contribution in [0.25, 0.3) is 0 Å². The Balaban J connectivity index is 1.91. The molecule has 3 aromatic rings. The van der Waals surface area contributed by atoms with E-state index in [1.165, 1.54) is 11.1 Å². The van der Waals surface area contributed by atoms with Crippen molar-refractivity contribution in [2.75, 3.05) is 0 Å². The Kier molecular flexibility index (Phi) is 11.6. The summed E-state index contributed by atoms with van der Waals surface area (Å²) in [6.07, 6.45) is 12.9. The molecule has 3 rings (SSSR count). The highest BCUT2D eigenvalue weighted by Crippen LogP contribution is 2.31. The van der Waals surface area contributed by atoms with Gasteiger partial charge < -0.3 is 10.2 Å². The summed E-state index contributed by atoms with van der Waals surface area (Å²) in [5.41, 5.74) is 6.31. The van der Waals surface area contributed by atoms with Crippen molar-refractivity contribution in [1.82, 2.24) is 0 Å². The number of phenolic OH excluding ortho intramolecular Hbond substituents is 2. The number of hydrogen-bond donors (Lipinski definition) is 2. The SMILES string of the molecule is CCCCc1cc(I)c(O)c(C=Nc2ccccc2N=Cc2cc(CCCC)cc(CCCC)c2O)c1. The average molecular weight is 611 g/mol. The molecule has 0 aliphatic heterocycles. The third-order valence-electron chi connectivity index (χ3n) is 6.44. The van der Waals surface area contributed by atoms with Gasteiger partial charge in [0.1, 0.15) is 11.5 Å². The predicted octanol–water partition coefficient (Wildman–Crippen LogP) is 9.23. The lowest BCUT2D eigenvalue weighted by Gasteiger charge is -2.11.